The maximum absolute atomic E-state index is 6.29. The third-order valence-electron chi connectivity index (χ3n) is 6.20. The van der Waals surface area contributed by atoms with E-state index < -0.39 is 0 Å². The normalized spacial score (nSPS) is 21.2. The Balaban J connectivity index is 1.14. The van der Waals surface area contributed by atoms with Gasteiger partial charge in [0.05, 0.1) is 16.3 Å². The van der Waals surface area contributed by atoms with Gasteiger partial charge in [0.1, 0.15) is 23.2 Å². The fourth-order valence-corrected chi connectivity index (χ4v) is 5.02. The Morgan fingerprint density at radius 1 is 1.25 bits per heavy atom. The van der Waals surface area contributed by atoms with E-state index in [1.165, 1.54) is 10.4 Å². The fourth-order valence-electron chi connectivity index (χ4n) is 4.32. The molecule has 1 aliphatic carbocycles. The van der Waals surface area contributed by atoms with Gasteiger partial charge in [-0.2, -0.15) is 4.98 Å². The first-order valence-corrected chi connectivity index (χ1v) is 12.2. The highest BCUT2D eigenvalue weighted by atomic mass is 32.1. The number of hydrogen-bond donors (Lipinski definition) is 1. The number of benzene rings is 1. The van der Waals surface area contributed by atoms with E-state index in [2.05, 4.69) is 50.3 Å². The predicted molar refractivity (Wildman–Crippen MR) is 131 cm³/mol. The molecule has 1 saturated heterocycles. The molecule has 0 bridgehead atoms. The van der Waals surface area contributed by atoms with Gasteiger partial charge in [0.15, 0.2) is 0 Å². The van der Waals surface area contributed by atoms with E-state index in [0.717, 1.165) is 55.4 Å². The van der Waals surface area contributed by atoms with Gasteiger partial charge in [0.25, 0.3) is 0 Å². The molecule has 7 nitrogen and oxygen atoms in total. The summed E-state index contributed by atoms with van der Waals surface area (Å²) in [6, 6.07) is 8.55. The van der Waals surface area contributed by atoms with Gasteiger partial charge in [-0.25, -0.2) is 9.97 Å². The van der Waals surface area contributed by atoms with E-state index in [1.54, 1.807) is 11.3 Å². The molecule has 1 aliphatic heterocycles. The second-order valence-corrected chi connectivity index (χ2v) is 9.67. The lowest BCUT2D eigenvalue weighted by molar-refractivity contribution is 0.0781. The Labute approximate surface area is 193 Å². The highest BCUT2D eigenvalue weighted by molar-refractivity contribution is 7.16. The number of thiazole rings is 1. The molecule has 0 radical (unpaired) electrons. The van der Waals surface area contributed by atoms with E-state index in [4.69, 9.17) is 4.74 Å². The molecule has 2 aliphatic rings. The number of nitrogens with one attached hydrogen (secondary N) is 1. The number of para-hydroxylation sites is 1. The Bertz CT molecular complexity index is 1100. The van der Waals surface area contributed by atoms with Crippen molar-refractivity contribution in [2.75, 3.05) is 37.0 Å². The summed E-state index contributed by atoms with van der Waals surface area (Å²) in [5.74, 6) is 3.20. The molecule has 0 spiro atoms. The smallest absolute Gasteiger partial charge is 0.227 e. The summed E-state index contributed by atoms with van der Waals surface area (Å²) in [5.41, 5.74) is 4.24. The lowest BCUT2D eigenvalue weighted by Crippen LogP contribution is -2.59. The molecule has 1 aromatic carbocycles. The maximum Gasteiger partial charge on any atom is 0.227 e. The van der Waals surface area contributed by atoms with E-state index in [9.17, 15) is 0 Å². The van der Waals surface area contributed by atoms with Crippen molar-refractivity contribution in [1.82, 2.24) is 20.3 Å². The first-order valence-electron chi connectivity index (χ1n) is 11.3. The van der Waals surface area contributed by atoms with E-state index in [-0.39, 0.29) is 6.10 Å². The van der Waals surface area contributed by atoms with Crippen molar-refractivity contribution in [3.05, 3.63) is 47.7 Å². The van der Waals surface area contributed by atoms with Crippen molar-refractivity contribution in [3.8, 4) is 5.75 Å². The van der Waals surface area contributed by atoms with Crippen molar-refractivity contribution in [2.24, 2.45) is 5.92 Å². The van der Waals surface area contributed by atoms with Crippen molar-refractivity contribution < 1.29 is 4.74 Å². The third kappa shape index (κ3) is 4.24. The first-order chi connectivity index (χ1) is 15.6. The first kappa shape index (κ1) is 21.0. The van der Waals surface area contributed by atoms with Gasteiger partial charge < -0.3 is 19.9 Å². The van der Waals surface area contributed by atoms with Crippen molar-refractivity contribution >= 4 is 33.3 Å². The molecule has 2 fully saturated rings. The molecule has 3 aromatic rings. The SMILES string of the molecule is CC/C=C(/NC1CN(c2nccc(N(C)C)n2)C1)C1CC(Oc2cccc3scnc23)C1. The van der Waals surface area contributed by atoms with Crippen LogP contribution in [-0.2, 0) is 0 Å². The van der Waals surface area contributed by atoms with Crippen LogP contribution in [0.2, 0.25) is 0 Å². The van der Waals surface area contributed by atoms with E-state index in [1.807, 2.05) is 42.8 Å². The summed E-state index contributed by atoms with van der Waals surface area (Å²) in [6.45, 7) is 4.05. The van der Waals surface area contributed by atoms with Crippen LogP contribution in [0.5, 0.6) is 5.75 Å². The molecule has 1 saturated carbocycles. The number of ether oxygens (including phenoxy) is 1. The fraction of sp³-hybridized carbons (Fsp3) is 0.458. The summed E-state index contributed by atoms with van der Waals surface area (Å²) in [5, 5.41) is 3.79. The molecule has 3 heterocycles. The summed E-state index contributed by atoms with van der Waals surface area (Å²) < 4.78 is 7.47. The molecular weight excluding hydrogens is 420 g/mol. The molecule has 2 aromatic heterocycles. The predicted octanol–water partition coefficient (Wildman–Crippen LogP) is 4.08. The van der Waals surface area contributed by atoms with E-state index >= 15 is 0 Å². The number of aromatic nitrogens is 3. The molecule has 0 atom stereocenters. The highest BCUT2D eigenvalue weighted by Gasteiger charge is 2.36. The highest BCUT2D eigenvalue weighted by Crippen LogP contribution is 2.38. The lowest BCUT2D eigenvalue weighted by atomic mass is 9.79. The zero-order chi connectivity index (χ0) is 22.1. The lowest BCUT2D eigenvalue weighted by Gasteiger charge is -2.44. The Hall–Kier alpha value is -2.87. The van der Waals surface area contributed by atoms with Crippen LogP contribution >= 0.6 is 11.3 Å². The van der Waals surface area contributed by atoms with Crippen LogP contribution in [0.3, 0.4) is 0 Å². The zero-order valence-corrected chi connectivity index (χ0v) is 19.7. The summed E-state index contributed by atoms with van der Waals surface area (Å²) in [6.07, 6.45) is 7.56. The van der Waals surface area contributed by atoms with Gasteiger partial charge in [-0.05, 0) is 37.5 Å². The average molecular weight is 451 g/mol. The minimum absolute atomic E-state index is 0.259. The van der Waals surface area contributed by atoms with Crippen LogP contribution < -0.4 is 19.9 Å². The minimum Gasteiger partial charge on any atom is -0.488 e. The molecule has 8 heteroatoms. The molecule has 5 rings (SSSR count). The Kier molecular flexibility index (Phi) is 5.87. The second kappa shape index (κ2) is 8.94. The van der Waals surface area contributed by atoms with Crippen LogP contribution in [0.1, 0.15) is 26.2 Å². The number of nitrogens with zero attached hydrogens (tertiary/aromatic N) is 5. The van der Waals surface area contributed by atoms with Gasteiger partial charge in [-0.15, -0.1) is 11.3 Å². The standard InChI is InChI=1S/C24H30N6OS/c1-4-6-19(27-17-13-30(14-17)24-25-10-9-22(28-24)29(2)3)16-11-18(12-16)31-20-7-5-8-21-23(20)26-15-32-21/h5-10,15-18,27H,4,11-14H2,1-3H3/b19-6+. The van der Waals surface area contributed by atoms with Gasteiger partial charge in [0.2, 0.25) is 5.95 Å². The topological polar surface area (TPSA) is 66.4 Å². The van der Waals surface area contributed by atoms with Crippen molar-refractivity contribution in [1.29, 1.82) is 0 Å². The second-order valence-electron chi connectivity index (χ2n) is 8.79. The zero-order valence-electron chi connectivity index (χ0n) is 18.9. The quantitative estimate of drug-likeness (QED) is 0.555. The molecule has 168 valence electrons. The van der Waals surface area contributed by atoms with Crippen LogP contribution in [0.15, 0.2) is 47.7 Å². The number of fused-ring (bicyclic) bond motifs is 1. The van der Waals surface area contributed by atoms with Crippen LogP contribution in [-0.4, -0.2) is 54.3 Å². The van der Waals surface area contributed by atoms with Crippen LogP contribution in [0.25, 0.3) is 10.2 Å². The largest absolute Gasteiger partial charge is 0.488 e. The van der Waals surface area contributed by atoms with Crippen LogP contribution in [0.4, 0.5) is 11.8 Å². The van der Waals surface area contributed by atoms with E-state index in [0.29, 0.717) is 12.0 Å². The molecule has 1 N–H and O–H groups in total. The van der Waals surface area contributed by atoms with Crippen molar-refractivity contribution in [3.63, 3.8) is 0 Å². The summed E-state index contributed by atoms with van der Waals surface area (Å²) >= 11 is 1.66. The Morgan fingerprint density at radius 3 is 2.88 bits per heavy atom. The van der Waals surface area contributed by atoms with Gasteiger partial charge in [-0.1, -0.05) is 19.1 Å². The van der Waals surface area contributed by atoms with Gasteiger partial charge in [0, 0.05) is 45.0 Å². The Morgan fingerprint density at radius 2 is 2.09 bits per heavy atom. The third-order valence-corrected chi connectivity index (χ3v) is 6.99. The molecular formula is C24H30N6OS. The summed E-state index contributed by atoms with van der Waals surface area (Å²) in [7, 11) is 4.00. The number of hydrogen-bond acceptors (Lipinski definition) is 8. The van der Waals surface area contributed by atoms with Gasteiger partial charge in [-0.3, -0.25) is 0 Å². The number of allylic oxidation sites excluding steroid dienone is 2. The average Bonchev–Trinajstić information content (AvgIpc) is 3.22. The monoisotopic (exact) mass is 450 g/mol. The molecule has 32 heavy (non-hydrogen) atoms. The van der Waals surface area contributed by atoms with Crippen molar-refractivity contribution in [2.45, 2.75) is 38.3 Å². The van der Waals surface area contributed by atoms with Gasteiger partial charge >= 0.3 is 0 Å². The maximum atomic E-state index is 6.29. The molecule has 0 unspecified atom stereocenters. The number of anilines is 2. The number of rotatable bonds is 8. The minimum atomic E-state index is 0.259. The van der Waals surface area contributed by atoms with Crippen LogP contribution in [0, 0.1) is 5.92 Å². The molecule has 0 amide bonds. The summed E-state index contributed by atoms with van der Waals surface area (Å²) in [4.78, 5) is 17.8.